The number of nitrogens with zero attached hydrogens (tertiary/aromatic N) is 5. The van der Waals surface area contributed by atoms with E-state index in [-0.39, 0.29) is 12.3 Å². The lowest BCUT2D eigenvalue weighted by Crippen LogP contribution is -2.49. The van der Waals surface area contributed by atoms with Crippen molar-refractivity contribution in [2.45, 2.75) is 25.3 Å². The number of rotatable bonds is 9. The predicted octanol–water partition coefficient (Wildman–Crippen LogP) is 3.46. The molecule has 2 fully saturated rings. The number of carbonyl (C=O) groups is 1. The summed E-state index contributed by atoms with van der Waals surface area (Å²) in [5, 5.41) is 13.2. The summed E-state index contributed by atoms with van der Waals surface area (Å²) in [4.78, 5) is 17.6. The maximum absolute atomic E-state index is 12.7. The van der Waals surface area contributed by atoms with Gasteiger partial charge in [-0.15, -0.1) is 10.2 Å². The number of fused-ring (bicyclic) bond motifs is 1. The number of amides is 1. The van der Waals surface area contributed by atoms with Crippen LogP contribution in [0.1, 0.15) is 18.4 Å². The summed E-state index contributed by atoms with van der Waals surface area (Å²) in [7, 11) is 0. The predicted molar refractivity (Wildman–Crippen MR) is 155 cm³/mol. The molecule has 9 heteroatoms. The zero-order chi connectivity index (χ0) is 27.1. The van der Waals surface area contributed by atoms with Crippen molar-refractivity contribution in [3.63, 3.8) is 0 Å². The van der Waals surface area contributed by atoms with Crippen molar-refractivity contribution in [3.8, 4) is 11.6 Å². The molecule has 0 radical (unpaired) electrons. The zero-order valence-electron chi connectivity index (χ0n) is 22.7. The molecule has 1 amide bonds. The van der Waals surface area contributed by atoms with Crippen molar-refractivity contribution in [2.75, 3.05) is 57.4 Å². The monoisotopic (exact) mass is 540 g/mol. The van der Waals surface area contributed by atoms with E-state index in [2.05, 4.69) is 37.4 Å². The van der Waals surface area contributed by atoms with E-state index in [1.54, 1.807) is 0 Å². The molecule has 0 aliphatic carbocycles. The van der Waals surface area contributed by atoms with Gasteiger partial charge in [0.05, 0.1) is 31.7 Å². The van der Waals surface area contributed by atoms with Crippen molar-refractivity contribution in [3.05, 3.63) is 78.5 Å². The minimum Gasteiger partial charge on any atom is -0.492 e. The smallest absolute Gasteiger partial charge is 0.224 e. The van der Waals surface area contributed by atoms with Gasteiger partial charge in [-0.25, -0.2) is 0 Å². The van der Waals surface area contributed by atoms with Gasteiger partial charge in [0, 0.05) is 43.8 Å². The number of hydrogen-bond acceptors (Lipinski definition) is 7. The first-order chi connectivity index (χ1) is 19.7. The third-order valence-electron chi connectivity index (χ3n) is 7.82. The van der Waals surface area contributed by atoms with E-state index in [9.17, 15) is 4.79 Å². The number of morpholine rings is 1. The lowest BCUT2D eigenvalue weighted by atomic mass is 10.0. The van der Waals surface area contributed by atoms with Crippen LogP contribution in [0, 0.1) is 0 Å². The largest absolute Gasteiger partial charge is 0.492 e. The Morgan fingerprint density at radius 2 is 1.62 bits per heavy atom. The summed E-state index contributed by atoms with van der Waals surface area (Å²) in [6.07, 6.45) is 4.55. The van der Waals surface area contributed by atoms with Crippen molar-refractivity contribution in [1.82, 2.24) is 25.0 Å². The molecule has 1 N–H and O–H groups in total. The standard InChI is InChI=1S/C31H36N6O3/c38-31(32-14-19-40-26-6-2-1-3-7-26)22-24-23-37(28-9-5-4-8-27(24)28)30-11-10-29(33-34-30)36-15-12-25(13-16-36)35-17-20-39-21-18-35/h1-11,23,25H,12-22H2,(H,32,38). The quantitative estimate of drug-likeness (QED) is 0.326. The fraction of sp³-hybridized carbons (Fsp3) is 0.387. The van der Waals surface area contributed by atoms with Crippen molar-refractivity contribution >= 4 is 22.6 Å². The summed E-state index contributed by atoms with van der Waals surface area (Å²) < 4.78 is 13.2. The van der Waals surface area contributed by atoms with Gasteiger partial charge < -0.3 is 19.7 Å². The van der Waals surface area contributed by atoms with Gasteiger partial charge >= 0.3 is 0 Å². The number of benzene rings is 2. The molecule has 208 valence electrons. The lowest BCUT2D eigenvalue weighted by Gasteiger charge is -2.40. The van der Waals surface area contributed by atoms with Gasteiger partial charge in [-0.2, -0.15) is 0 Å². The fourth-order valence-corrected chi connectivity index (χ4v) is 5.71. The van der Waals surface area contributed by atoms with Gasteiger partial charge in [-0.05, 0) is 48.7 Å². The van der Waals surface area contributed by atoms with E-state index in [0.717, 1.165) is 86.1 Å². The molecular weight excluding hydrogens is 504 g/mol. The topological polar surface area (TPSA) is 84.8 Å². The van der Waals surface area contributed by atoms with E-state index in [4.69, 9.17) is 9.47 Å². The Morgan fingerprint density at radius 3 is 2.40 bits per heavy atom. The van der Waals surface area contributed by atoms with E-state index >= 15 is 0 Å². The molecule has 9 nitrogen and oxygen atoms in total. The van der Waals surface area contributed by atoms with Gasteiger partial charge in [0.2, 0.25) is 5.91 Å². The molecule has 40 heavy (non-hydrogen) atoms. The van der Waals surface area contributed by atoms with Crippen molar-refractivity contribution < 1.29 is 14.3 Å². The van der Waals surface area contributed by atoms with Crippen LogP contribution >= 0.6 is 0 Å². The van der Waals surface area contributed by atoms with Crippen LogP contribution in [-0.4, -0.2) is 84.2 Å². The molecule has 2 aliphatic rings. The molecule has 2 saturated heterocycles. The van der Waals surface area contributed by atoms with E-state index in [0.29, 0.717) is 19.2 Å². The number of piperidine rings is 1. The summed E-state index contributed by atoms with van der Waals surface area (Å²) in [6.45, 7) is 6.60. The average molecular weight is 541 g/mol. The van der Waals surface area contributed by atoms with Crippen LogP contribution < -0.4 is 15.0 Å². The number of nitrogens with one attached hydrogen (secondary N) is 1. The molecule has 0 bridgehead atoms. The van der Waals surface area contributed by atoms with E-state index in [1.807, 2.05) is 65.4 Å². The Kier molecular flexibility index (Phi) is 8.20. The Labute approximate surface area is 234 Å². The van der Waals surface area contributed by atoms with Gasteiger partial charge in [0.1, 0.15) is 12.4 Å². The van der Waals surface area contributed by atoms with E-state index < -0.39 is 0 Å². The lowest BCUT2D eigenvalue weighted by molar-refractivity contribution is -0.120. The third-order valence-corrected chi connectivity index (χ3v) is 7.82. The molecule has 6 rings (SSSR count). The Hall–Kier alpha value is -3.95. The van der Waals surface area contributed by atoms with Crippen LogP contribution in [0.25, 0.3) is 16.7 Å². The molecule has 2 aromatic carbocycles. The number of aromatic nitrogens is 3. The third kappa shape index (κ3) is 6.11. The minimum absolute atomic E-state index is 0.0403. The van der Waals surface area contributed by atoms with Crippen LogP contribution in [0.15, 0.2) is 72.9 Å². The Balaban J connectivity index is 1.08. The highest BCUT2D eigenvalue weighted by molar-refractivity contribution is 5.90. The number of anilines is 1. The van der Waals surface area contributed by atoms with Crippen LogP contribution in [0.4, 0.5) is 5.82 Å². The SMILES string of the molecule is O=C(Cc1cn(-c2ccc(N3CCC(N4CCOCC4)CC3)nn2)c2ccccc12)NCCOc1ccccc1. The van der Waals surface area contributed by atoms with Gasteiger partial charge in [0.25, 0.3) is 0 Å². The number of ether oxygens (including phenoxy) is 2. The zero-order valence-corrected chi connectivity index (χ0v) is 22.7. The summed E-state index contributed by atoms with van der Waals surface area (Å²) in [6, 6.07) is 22.4. The molecule has 0 saturated carbocycles. The summed E-state index contributed by atoms with van der Waals surface area (Å²) in [5.41, 5.74) is 1.96. The van der Waals surface area contributed by atoms with Crippen LogP contribution in [0.2, 0.25) is 0 Å². The van der Waals surface area contributed by atoms with Gasteiger partial charge in [-0.3, -0.25) is 14.3 Å². The normalized spacial score (nSPS) is 16.8. The van der Waals surface area contributed by atoms with Gasteiger partial charge in [0.15, 0.2) is 11.6 Å². The number of hydrogen-bond donors (Lipinski definition) is 1. The highest BCUT2D eigenvalue weighted by atomic mass is 16.5. The number of para-hydroxylation sites is 2. The van der Waals surface area contributed by atoms with Crippen LogP contribution in [-0.2, 0) is 16.0 Å². The second-order valence-corrected chi connectivity index (χ2v) is 10.3. The molecule has 0 spiro atoms. The average Bonchev–Trinajstić information content (AvgIpc) is 3.38. The first-order valence-electron chi connectivity index (χ1n) is 14.2. The summed E-state index contributed by atoms with van der Waals surface area (Å²) in [5.74, 6) is 2.41. The van der Waals surface area contributed by atoms with Gasteiger partial charge in [-0.1, -0.05) is 36.4 Å². The van der Waals surface area contributed by atoms with Crippen LogP contribution in [0.5, 0.6) is 5.75 Å². The molecule has 4 heterocycles. The second-order valence-electron chi connectivity index (χ2n) is 10.3. The fourth-order valence-electron chi connectivity index (χ4n) is 5.71. The van der Waals surface area contributed by atoms with Crippen molar-refractivity contribution in [2.24, 2.45) is 0 Å². The highest BCUT2D eigenvalue weighted by Crippen LogP contribution is 2.26. The van der Waals surface area contributed by atoms with Crippen molar-refractivity contribution in [1.29, 1.82) is 0 Å². The maximum atomic E-state index is 12.7. The number of carbonyl (C=O) groups excluding carboxylic acids is 1. The molecule has 0 atom stereocenters. The Morgan fingerprint density at radius 1 is 0.900 bits per heavy atom. The summed E-state index contributed by atoms with van der Waals surface area (Å²) >= 11 is 0. The Bertz CT molecular complexity index is 1390. The second kappa shape index (κ2) is 12.5. The first kappa shape index (κ1) is 26.3. The molecule has 2 aromatic heterocycles. The van der Waals surface area contributed by atoms with E-state index in [1.165, 1.54) is 0 Å². The van der Waals surface area contributed by atoms with Crippen LogP contribution in [0.3, 0.4) is 0 Å². The maximum Gasteiger partial charge on any atom is 0.224 e. The molecule has 0 unspecified atom stereocenters. The first-order valence-corrected chi connectivity index (χ1v) is 14.2. The molecular formula is C31H36N6O3. The molecule has 2 aliphatic heterocycles. The minimum atomic E-state index is -0.0403. The molecule has 4 aromatic rings. The highest BCUT2D eigenvalue weighted by Gasteiger charge is 2.26.